The monoisotopic (exact) mass is 569 g/mol. The lowest BCUT2D eigenvalue weighted by atomic mass is 9.80. The number of carbonyl (C=O) groups is 2. The molecule has 222 valence electrons. The number of hydrogen-bond acceptors (Lipinski definition) is 9. The van der Waals surface area contributed by atoms with Crippen molar-refractivity contribution in [2.45, 2.75) is 96.6 Å². The maximum absolute atomic E-state index is 12.4. The molecular weight excluding hydrogens is 521 g/mol. The first-order valence-electron chi connectivity index (χ1n) is 13.6. The quantitative estimate of drug-likeness (QED) is 0.0692. The molecule has 8 atom stereocenters. The molecule has 0 aliphatic carbocycles. The van der Waals surface area contributed by atoms with Crippen LogP contribution in [0.15, 0.2) is 37.1 Å². The fourth-order valence-corrected chi connectivity index (χ4v) is 5.68. The van der Waals surface area contributed by atoms with Gasteiger partial charge in [-0.3, -0.25) is 9.36 Å². The molecule has 1 aliphatic heterocycles. The lowest BCUT2D eigenvalue weighted by Gasteiger charge is -2.47. The van der Waals surface area contributed by atoms with Crippen LogP contribution in [0.4, 0.5) is 4.79 Å². The molecule has 9 nitrogen and oxygen atoms in total. The molecule has 10 heteroatoms. The molecule has 1 rings (SSSR count). The van der Waals surface area contributed by atoms with E-state index in [0.29, 0.717) is 12.8 Å². The second-order valence-corrected chi connectivity index (χ2v) is 11.6. The van der Waals surface area contributed by atoms with Gasteiger partial charge in [-0.1, -0.05) is 45.9 Å². The predicted octanol–water partition coefficient (Wildman–Crippen LogP) is 5.94. The van der Waals surface area contributed by atoms with Crippen LogP contribution in [0.3, 0.4) is 0 Å². The molecule has 39 heavy (non-hydrogen) atoms. The van der Waals surface area contributed by atoms with Gasteiger partial charge >= 0.3 is 6.16 Å². The van der Waals surface area contributed by atoms with Crippen molar-refractivity contribution in [2.75, 3.05) is 27.3 Å². The minimum atomic E-state index is -0.963. The summed E-state index contributed by atoms with van der Waals surface area (Å²) >= 11 is 0. The second-order valence-electron chi connectivity index (χ2n) is 10.8. The Morgan fingerprint density at radius 1 is 1.21 bits per heavy atom. The Balaban J connectivity index is 3.64. The van der Waals surface area contributed by atoms with Crippen molar-refractivity contribution in [3.05, 3.63) is 37.1 Å². The molecule has 0 aromatic heterocycles. The van der Waals surface area contributed by atoms with E-state index >= 15 is 0 Å². The number of hydrogen-bond donors (Lipinski definition) is 0. The van der Waals surface area contributed by atoms with Gasteiger partial charge in [-0.25, -0.2) is 4.79 Å². The van der Waals surface area contributed by atoms with Crippen LogP contribution in [0.1, 0.15) is 60.8 Å². The highest BCUT2D eigenvalue weighted by Crippen LogP contribution is 2.40. The highest BCUT2D eigenvalue weighted by atomic mass is 31.1. The van der Waals surface area contributed by atoms with Gasteiger partial charge < -0.3 is 28.6 Å². The van der Waals surface area contributed by atoms with Crippen LogP contribution in [0, 0.1) is 11.8 Å². The van der Waals surface area contributed by atoms with Crippen LogP contribution < -0.4 is 0 Å². The van der Waals surface area contributed by atoms with Crippen molar-refractivity contribution >= 4 is 20.4 Å². The molecule has 1 saturated heterocycles. The molecule has 0 N–H and O–H groups in total. The van der Waals surface area contributed by atoms with Gasteiger partial charge in [0.25, 0.3) is 0 Å². The summed E-state index contributed by atoms with van der Waals surface area (Å²) in [6.45, 7) is 18.8. The number of allylic oxidation sites excluding steroid dienone is 1. The van der Waals surface area contributed by atoms with Crippen molar-refractivity contribution in [1.29, 1.82) is 0 Å². The molecule has 0 radical (unpaired) electrons. The summed E-state index contributed by atoms with van der Waals surface area (Å²) in [6.07, 6.45) is 3.79. The molecule has 0 bridgehead atoms. The van der Waals surface area contributed by atoms with Crippen LogP contribution in [0.25, 0.3) is 0 Å². The van der Waals surface area contributed by atoms with Crippen LogP contribution >= 0.6 is 8.46 Å². The summed E-state index contributed by atoms with van der Waals surface area (Å²) in [5.74, 6) is -0.644. The van der Waals surface area contributed by atoms with Gasteiger partial charge in [-0.15, -0.1) is 6.58 Å². The number of nitrogens with zero attached hydrogens (tertiary/aromatic N) is 1. The molecule has 1 fully saturated rings. The number of ether oxygens (including phenoxy) is 5. The molecule has 1 aliphatic rings. The Hall–Kier alpha value is -1.90. The first-order valence-corrected chi connectivity index (χ1v) is 14.4. The third-order valence-corrected chi connectivity index (χ3v) is 7.86. The second kappa shape index (κ2) is 17.0. The topological polar surface area (TPSA) is 101 Å². The molecule has 0 aromatic carbocycles. The van der Waals surface area contributed by atoms with Crippen LogP contribution in [-0.4, -0.2) is 79.9 Å². The zero-order valence-electron chi connectivity index (χ0n) is 24.9. The molecule has 0 amide bonds. The standard InChI is InChI=1S/C29H48NO8P/c1-11-14-34-28(32)37-24(16-20(5)31)22(7)26(29(8,35-15-12-2)18-19(4)13-3)38-27-25(39-33)23(30(9)10)17-21(6)36-27/h11-12,16,19,21-23,25-27H,1-2,13-15,17-18H2,3-10H3/b24-16-/t19-,21+,22-,23?,25+,26+,27-,29+/m0/s1. The minimum Gasteiger partial charge on any atom is -0.430 e. The van der Waals surface area contributed by atoms with Gasteiger partial charge in [0, 0.05) is 18.0 Å². The molecular formula is C29H48NO8P. The normalized spacial score (nSPS) is 25.8. The maximum Gasteiger partial charge on any atom is 0.513 e. The number of carbonyl (C=O) groups excluding carboxylic acids is 2. The summed E-state index contributed by atoms with van der Waals surface area (Å²) in [7, 11) is 3.77. The molecule has 0 spiro atoms. The minimum absolute atomic E-state index is 0.0430. The van der Waals surface area contributed by atoms with E-state index in [9.17, 15) is 14.2 Å². The van der Waals surface area contributed by atoms with E-state index in [0.717, 1.165) is 6.42 Å². The van der Waals surface area contributed by atoms with Gasteiger partial charge in [0.05, 0.1) is 24.4 Å². The zero-order valence-corrected chi connectivity index (χ0v) is 25.8. The predicted molar refractivity (Wildman–Crippen MR) is 152 cm³/mol. The Labute approximate surface area is 236 Å². The van der Waals surface area contributed by atoms with E-state index in [-0.39, 0.29) is 51.3 Å². The molecule has 0 saturated carbocycles. The fourth-order valence-electron chi connectivity index (χ4n) is 4.91. The molecule has 1 heterocycles. The first kappa shape index (κ1) is 35.1. The summed E-state index contributed by atoms with van der Waals surface area (Å²) in [4.78, 5) is 26.6. The van der Waals surface area contributed by atoms with Crippen LogP contribution in [0.2, 0.25) is 0 Å². The molecule has 1 unspecified atom stereocenters. The van der Waals surface area contributed by atoms with Crippen molar-refractivity contribution in [2.24, 2.45) is 11.8 Å². The van der Waals surface area contributed by atoms with E-state index in [1.807, 2.05) is 32.8 Å². The van der Waals surface area contributed by atoms with Gasteiger partial charge in [0.15, 0.2) is 20.5 Å². The largest absolute Gasteiger partial charge is 0.513 e. The maximum atomic E-state index is 12.4. The van der Waals surface area contributed by atoms with Gasteiger partial charge in [0.2, 0.25) is 0 Å². The zero-order chi connectivity index (χ0) is 29.8. The van der Waals surface area contributed by atoms with E-state index in [4.69, 9.17) is 23.7 Å². The SMILES string of the molecule is C=CCOC(=O)O/C(=C\C(C)=O)[C@H](C)[C@@H](O[C@@H]1O[C@H](C)CC(N(C)C)[C@H]1P=O)[C@@](C)(C[C@@H](C)CC)OCC=C. The Morgan fingerprint density at radius 3 is 2.36 bits per heavy atom. The van der Waals surface area contributed by atoms with Crippen LogP contribution in [-0.2, 0) is 33.0 Å². The van der Waals surface area contributed by atoms with Gasteiger partial charge in [-0.2, -0.15) is 0 Å². The summed E-state index contributed by atoms with van der Waals surface area (Å²) < 4.78 is 42.3. The van der Waals surface area contributed by atoms with Gasteiger partial charge in [0.1, 0.15) is 18.0 Å². The molecule has 0 aromatic rings. The third-order valence-electron chi connectivity index (χ3n) is 7.03. The Kier molecular flexibility index (Phi) is 15.3. The lowest BCUT2D eigenvalue weighted by Crippen LogP contribution is -2.57. The summed E-state index contributed by atoms with van der Waals surface area (Å²) in [5.41, 5.74) is -1.40. The fraction of sp³-hybridized carbons (Fsp3) is 0.724. The van der Waals surface area contributed by atoms with Crippen molar-refractivity contribution in [1.82, 2.24) is 4.90 Å². The summed E-state index contributed by atoms with van der Waals surface area (Å²) in [6, 6.07) is -0.0545. The first-order chi connectivity index (χ1) is 18.3. The third kappa shape index (κ3) is 10.9. The van der Waals surface area contributed by atoms with Crippen LogP contribution in [0.5, 0.6) is 0 Å². The highest BCUT2D eigenvalue weighted by Gasteiger charge is 2.48. The van der Waals surface area contributed by atoms with E-state index in [1.165, 1.54) is 19.1 Å². The average molecular weight is 570 g/mol. The number of ketones is 1. The Bertz CT molecular complexity index is 862. The van der Waals surface area contributed by atoms with Crippen molar-refractivity contribution in [3.63, 3.8) is 0 Å². The highest BCUT2D eigenvalue weighted by molar-refractivity contribution is 7.24. The van der Waals surface area contributed by atoms with Crippen molar-refractivity contribution < 1.29 is 37.8 Å². The van der Waals surface area contributed by atoms with Crippen molar-refractivity contribution in [3.8, 4) is 0 Å². The lowest BCUT2D eigenvalue weighted by molar-refractivity contribution is -0.263. The van der Waals surface area contributed by atoms with Gasteiger partial charge in [-0.05, 0) is 53.6 Å². The average Bonchev–Trinajstić information content (AvgIpc) is 2.87. The summed E-state index contributed by atoms with van der Waals surface area (Å²) in [5, 5.41) is 0. The van der Waals surface area contributed by atoms with E-state index in [2.05, 4.69) is 27.0 Å². The number of rotatable bonds is 17. The van der Waals surface area contributed by atoms with E-state index in [1.54, 1.807) is 13.0 Å². The Morgan fingerprint density at radius 2 is 1.85 bits per heavy atom. The van der Waals surface area contributed by atoms with E-state index < -0.39 is 35.7 Å². The smallest absolute Gasteiger partial charge is 0.430 e.